The van der Waals surface area contributed by atoms with Crippen molar-refractivity contribution in [2.24, 2.45) is 5.92 Å². The molecule has 1 heterocycles. The molecule has 1 fully saturated rings. The third-order valence-electron chi connectivity index (χ3n) is 3.06. The number of rotatable bonds is 3. The van der Waals surface area contributed by atoms with Gasteiger partial charge in [-0.25, -0.2) is 9.59 Å². The summed E-state index contributed by atoms with van der Waals surface area (Å²) in [6.45, 7) is 12.4. The summed E-state index contributed by atoms with van der Waals surface area (Å²) in [5.74, 6) is -0.0449. The summed E-state index contributed by atoms with van der Waals surface area (Å²) >= 11 is 0. The Morgan fingerprint density at radius 3 is 2.25 bits per heavy atom. The Morgan fingerprint density at radius 2 is 1.80 bits per heavy atom. The Kier molecular flexibility index (Phi) is 5.60. The number of hydrogen-bond donors (Lipinski definition) is 0. The molecule has 0 bridgehead atoms. The van der Waals surface area contributed by atoms with E-state index in [4.69, 9.17) is 9.47 Å². The molecule has 5 nitrogen and oxygen atoms in total. The first kappa shape index (κ1) is 16.5. The quantitative estimate of drug-likeness (QED) is 0.590. The maximum Gasteiger partial charge on any atom is 0.410 e. The van der Waals surface area contributed by atoms with Gasteiger partial charge in [0.15, 0.2) is 0 Å². The number of nitrogens with zero attached hydrogens (tertiary/aromatic N) is 1. The second kappa shape index (κ2) is 6.77. The summed E-state index contributed by atoms with van der Waals surface area (Å²) in [5.41, 5.74) is -0.0542. The summed E-state index contributed by atoms with van der Waals surface area (Å²) in [4.78, 5) is 24.9. The van der Waals surface area contributed by atoms with E-state index in [1.54, 1.807) is 11.8 Å². The summed E-state index contributed by atoms with van der Waals surface area (Å²) in [6.07, 6.45) is 1.38. The fraction of sp³-hybridized carbons (Fsp3) is 0.733. The van der Waals surface area contributed by atoms with Gasteiger partial charge < -0.3 is 14.4 Å². The maximum absolute atomic E-state index is 11.9. The van der Waals surface area contributed by atoms with E-state index >= 15 is 0 Å². The van der Waals surface area contributed by atoms with E-state index < -0.39 is 5.60 Å². The van der Waals surface area contributed by atoms with Crippen LogP contribution in [0.3, 0.4) is 0 Å². The van der Waals surface area contributed by atoms with Crippen LogP contribution in [0.2, 0.25) is 0 Å². The zero-order chi connectivity index (χ0) is 15.3. The molecule has 0 aromatic carbocycles. The highest BCUT2D eigenvalue weighted by molar-refractivity contribution is 5.86. The average molecular weight is 283 g/mol. The SMILES string of the molecule is C=C(C)C(=O)OCC1CCN(C(=O)OC(C)(C)C)CC1. The van der Waals surface area contributed by atoms with Gasteiger partial charge in [0.2, 0.25) is 0 Å². The summed E-state index contributed by atoms with van der Waals surface area (Å²) < 4.78 is 10.5. The lowest BCUT2D eigenvalue weighted by Crippen LogP contribution is -2.42. The first-order valence-electron chi connectivity index (χ1n) is 6.99. The minimum Gasteiger partial charge on any atom is -0.462 e. The molecule has 0 atom stereocenters. The van der Waals surface area contributed by atoms with Crippen molar-refractivity contribution >= 4 is 12.1 Å². The van der Waals surface area contributed by atoms with Crippen LogP contribution >= 0.6 is 0 Å². The molecular formula is C15H25NO4. The van der Waals surface area contributed by atoms with Gasteiger partial charge in [0.05, 0.1) is 6.61 Å². The highest BCUT2D eigenvalue weighted by Gasteiger charge is 2.27. The topological polar surface area (TPSA) is 55.8 Å². The third kappa shape index (κ3) is 5.63. The summed E-state index contributed by atoms with van der Waals surface area (Å²) in [5, 5.41) is 0. The van der Waals surface area contributed by atoms with Gasteiger partial charge in [0.25, 0.3) is 0 Å². The van der Waals surface area contributed by atoms with Crippen LogP contribution in [0, 0.1) is 5.92 Å². The van der Waals surface area contributed by atoms with E-state index in [-0.39, 0.29) is 12.1 Å². The van der Waals surface area contributed by atoms with Crippen molar-refractivity contribution in [3.8, 4) is 0 Å². The summed E-state index contributed by atoms with van der Waals surface area (Å²) in [6, 6.07) is 0. The maximum atomic E-state index is 11.9. The third-order valence-corrected chi connectivity index (χ3v) is 3.06. The molecular weight excluding hydrogens is 258 g/mol. The van der Waals surface area contributed by atoms with Crippen molar-refractivity contribution in [3.63, 3.8) is 0 Å². The molecule has 1 amide bonds. The molecule has 0 unspecified atom stereocenters. The van der Waals surface area contributed by atoms with Crippen LogP contribution in [0.15, 0.2) is 12.2 Å². The van der Waals surface area contributed by atoms with Crippen LogP contribution in [0.1, 0.15) is 40.5 Å². The normalized spacial score (nSPS) is 16.7. The first-order chi connectivity index (χ1) is 9.19. The van der Waals surface area contributed by atoms with Crippen LogP contribution in [0.25, 0.3) is 0 Å². The zero-order valence-electron chi connectivity index (χ0n) is 12.9. The lowest BCUT2D eigenvalue weighted by atomic mass is 9.98. The highest BCUT2D eigenvalue weighted by atomic mass is 16.6. The second-order valence-electron chi connectivity index (χ2n) is 6.29. The predicted molar refractivity (Wildman–Crippen MR) is 76.3 cm³/mol. The molecule has 1 rings (SSSR count). The Bertz CT molecular complexity index is 376. The van der Waals surface area contributed by atoms with Gasteiger partial charge >= 0.3 is 12.1 Å². The molecule has 20 heavy (non-hydrogen) atoms. The van der Waals surface area contributed by atoms with Gasteiger partial charge in [-0.2, -0.15) is 0 Å². The molecule has 0 aromatic heterocycles. The van der Waals surface area contributed by atoms with Gasteiger partial charge in [-0.05, 0) is 46.5 Å². The van der Waals surface area contributed by atoms with Crippen molar-refractivity contribution in [2.75, 3.05) is 19.7 Å². The van der Waals surface area contributed by atoms with Gasteiger partial charge in [-0.15, -0.1) is 0 Å². The predicted octanol–water partition coefficient (Wildman–Crippen LogP) is 2.75. The average Bonchev–Trinajstić information content (AvgIpc) is 2.34. The smallest absolute Gasteiger partial charge is 0.410 e. The minimum atomic E-state index is -0.467. The van der Waals surface area contributed by atoms with Crippen LogP contribution in [0.4, 0.5) is 4.79 Å². The van der Waals surface area contributed by atoms with E-state index in [2.05, 4.69) is 6.58 Å². The van der Waals surface area contributed by atoms with E-state index in [9.17, 15) is 9.59 Å². The molecule has 0 radical (unpaired) electrons. The standard InChI is InChI=1S/C15H25NO4/c1-11(2)13(17)19-10-12-6-8-16(9-7-12)14(18)20-15(3,4)5/h12H,1,6-10H2,2-5H3. The highest BCUT2D eigenvalue weighted by Crippen LogP contribution is 2.20. The Hall–Kier alpha value is -1.52. The van der Waals surface area contributed by atoms with Gasteiger partial charge in [-0.1, -0.05) is 6.58 Å². The number of piperidine rings is 1. The first-order valence-corrected chi connectivity index (χ1v) is 6.99. The second-order valence-corrected chi connectivity index (χ2v) is 6.29. The fourth-order valence-electron chi connectivity index (χ4n) is 1.93. The van der Waals surface area contributed by atoms with Crippen LogP contribution in [-0.2, 0) is 14.3 Å². The van der Waals surface area contributed by atoms with Crippen molar-refractivity contribution in [3.05, 3.63) is 12.2 Å². The Morgan fingerprint density at radius 1 is 1.25 bits per heavy atom. The number of amides is 1. The molecule has 0 saturated carbocycles. The molecule has 5 heteroatoms. The Labute approximate surface area is 120 Å². The van der Waals surface area contributed by atoms with Crippen molar-refractivity contribution in [1.82, 2.24) is 4.90 Å². The molecule has 0 spiro atoms. The molecule has 0 N–H and O–H groups in total. The molecule has 0 aliphatic carbocycles. The number of likely N-dealkylation sites (tertiary alicyclic amines) is 1. The van der Waals surface area contributed by atoms with Crippen LogP contribution in [0.5, 0.6) is 0 Å². The van der Waals surface area contributed by atoms with E-state index in [0.29, 0.717) is 31.2 Å². The van der Waals surface area contributed by atoms with Crippen LogP contribution < -0.4 is 0 Å². The van der Waals surface area contributed by atoms with Crippen LogP contribution in [-0.4, -0.2) is 42.3 Å². The number of hydrogen-bond acceptors (Lipinski definition) is 4. The van der Waals surface area contributed by atoms with Crippen molar-refractivity contribution in [1.29, 1.82) is 0 Å². The summed E-state index contributed by atoms with van der Waals surface area (Å²) in [7, 11) is 0. The van der Waals surface area contributed by atoms with E-state index in [1.165, 1.54) is 0 Å². The number of esters is 1. The molecule has 1 aliphatic rings. The number of carbonyl (C=O) groups excluding carboxylic acids is 2. The van der Waals surface area contributed by atoms with Gasteiger partial charge in [-0.3, -0.25) is 0 Å². The minimum absolute atomic E-state index is 0.269. The lowest BCUT2D eigenvalue weighted by molar-refractivity contribution is -0.140. The number of ether oxygens (including phenoxy) is 2. The molecule has 114 valence electrons. The monoisotopic (exact) mass is 283 g/mol. The molecule has 1 saturated heterocycles. The fourth-order valence-corrected chi connectivity index (χ4v) is 1.93. The van der Waals surface area contributed by atoms with Gasteiger partial charge in [0.1, 0.15) is 5.60 Å². The van der Waals surface area contributed by atoms with E-state index in [1.807, 2.05) is 20.8 Å². The molecule has 0 aromatic rings. The number of carbonyl (C=O) groups is 2. The van der Waals surface area contributed by atoms with Gasteiger partial charge in [0, 0.05) is 18.7 Å². The zero-order valence-corrected chi connectivity index (χ0v) is 12.9. The largest absolute Gasteiger partial charge is 0.462 e. The van der Waals surface area contributed by atoms with Crippen molar-refractivity contribution in [2.45, 2.75) is 46.1 Å². The lowest BCUT2D eigenvalue weighted by Gasteiger charge is -2.33. The molecule has 1 aliphatic heterocycles. The Balaban J connectivity index is 2.31. The van der Waals surface area contributed by atoms with E-state index in [0.717, 1.165) is 12.8 Å². The van der Waals surface area contributed by atoms with Crippen molar-refractivity contribution < 1.29 is 19.1 Å².